The molecule has 31 heavy (non-hydrogen) atoms. The lowest BCUT2D eigenvalue weighted by Crippen LogP contribution is -2.50. The van der Waals surface area contributed by atoms with Crippen LogP contribution in [0.1, 0.15) is 29.9 Å². The minimum atomic E-state index is -0.369. The second kappa shape index (κ2) is 7.98. The number of carbonyl (C=O) groups is 1. The number of rotatable bonds is 3. The molecule has 1 unspecified atom stereocenters. The number of nitro groups is 1. The monoisotopic (exact) mass is 416 g/mol. The SMILES string of the molecule is O=C(C1CCCc2ccccc21)N1CCN(c2ccc([N+](=O)[O-])c3cnccc23)CC1. The van der Waals surface area contributed by atoms with E-state index in [4.69, 9.17) is 0 Å². The topological polar surface area (TPSA) is 79.6 Å². The van der Waals surface area contributed by atoms with Crippen molar-refractivity contribution >= 4 is 28.1 Å². The van der Waals surface area contributed by atoms with Crippen molar-refractivity contribution in [1.82, 2.24) is 9.88 Å². The van der Waals surface area contributed by atoms with Crippen LogP contribution in [-0.4, -0.2) is 46.9 Å². The van der Waals surface area contributed by atoms with E-state index in [1.807, 2.05) is 23.1 Å². The average molecular weight is 416 g/mol. The van der Waals surface area contributed by atoms with Crippen LogP contribution in [0.15, 0.2) is 54.9 Å². The summed E-state index contributed by atoms with van der Waals surface area (Å²) in [5.74, 6) is 0.187. The Bertz CT molecular complexity index is 1150. The van der Waals surface area contributed by atoms with E-state index < -0.39 is 0 Å². The molecule has 2 aromatic carbocycles. The van der Waals surface area contributed by atoms with Gasteiger partial charge in [-0.25, -0.2) is 0 Å². The van der Waals surface area contributed by atoms with Crippen molar-refractivity contribution in [2.75, 3.05) is 31.1 Å². The van der Waals surface area contributed by atoms with Crippen LogP contribution in [0, 0.1) is 10.1 Å². The fourth-order valence-electron chi connectivity index (χ4n) is 4.99. The van der Waals surface area contributed by atoms with Crippen LogP contribution < -0.4 is 4.90 Å². The highest BCUT2D eigenvalue weighted by Crippen LogP contribution is 2.35. The zero-order valence-corrected chi connectivity index (χ0v) is 17.2. The van der Waals surface area contributed by atoms with Gasteiger partial charge in [0.1, 0.15) is 0 Å². The number of carbonyl (C=O) groups excluding carboxylic acids is 1. The van der Waals surface area contributed by atoms with Gasteiger partial charge in [0.25, 0.3) is 5.69 Å². The molecular formula is C24H24N4O3. The van der Waals surface area contributed by atoms with Gasteiger partial charge in [0.15, 0.2) is 0 Å². The summed E-state index contributed by atoms with van der Waals surface area (Å²) in [7, 11) is 0. The molecule has 1 atom stereocenters. The molecule has 1 fully saturated rings. The van der Waals surface area contributed by atoms with E-state index in [1.165, 1.54) is 11.1 Å². The zero-order valence-electron chi connectivity index (χ0n) is 17.2. The first-order valence-corrected chi connectivity index (χ1v) is 10.8. The lowest BCUT2D eigenvalue weighted by Gasteiger charge is -2.39. The predicted octanol–water partition coefficient (Wildman–Crippen LogP) is 3.91. The first-order valence-electron chi connectivity index (χ1n) is 10.8. The molecule has 1 aromatic heterocycles. The number of hydrogen-bond acceptors (Lipinski definition) is 5. The van der Waals surface area contributed by atoms with E-state index in [9.17, 15) is 14.9 Å². The Morgan fingerprint density at radius 1 is 1.03 bits per heavy atom. The molecule has 0 saturated carbocycles. The van der Waals surface area contributed by atoms with Crippen molar-refractivity contribution < 1.29 is 9.72 Å². The molecule has 1 aliphatic carbocycles. The lowest BCUT2D eigenvalue weighted by molar-refractivity contribution is -0.383. The molecule has 1 aliphatic heterocycles. The third-order valence-electron chi connectivity index (χ3n) is 6.57. The highest BCUT2D eigenvalue weighted by atomic mass is 16.6. The Hall–Kier alpha value is -3.48. The molecule has 0 bridgehead atoms. The highest BCUT2D eigenvalue weighted by molar-refractivity contribution is 5.99. The first kappa shape index (κ1) is 19.5. The number of benzene rings is 2. The van der Waals surface area contributed by atoms with Gasteiger partial charge in [-0.05, 0) is 42.5 Å². The van der Waals surface area contributed by atoms with Crippen LogP contribution in [0.5, 0.6) is 0 Å². The second-order valence-electron chi connectivity index (χ2n) is 8.24. The molecule has 5 rings (SSSR count). The van der Waals surface area contributed by atoms with Gasteiger partial charge in [-0.2, -0.15) is 0 Å². The minimum absolute atomic E-state index is 0.0391. The van der Waals surface area contributed by atoms with Crippen molar-refractivity contribution in [3.05, 3.63) is 76.1 Å². The normalized spacial score (nSPS) is 18.6. The summed E-state index contributed by atoms with van der Waals surface area (Å²) in [6.45, 7) is 2.72. The first-order chi connectivity index (χ1) is 15.1. The summed E-state index contributed by atoms with van der Waals surface area (Å²) in [6, 6.07) is 13.5. The average Bonchev–Trinajstić information content (AvgIpc) is 2.82. The van der Waals surface area contributed by atoms with Gasteiger partial charge < -0.3 is 9.80 Å². The van der Waals surface area contributed by atoms with Gasteiger partial charge in [0.2, 0.25) is 5.91 Å². The van der Waals surface area contributed by atoms with E-state index in [0.29, 0.717) is 31.6 Å². The molecule has 3 aromatic rings. The number of aromatic nitrogens is 1. The van der Waals surface area contributed by atoms with Gasteiger partial charge in [0, 0.05) is 55.7 Å². The largest absolute Gasteiger partial charge is 0.367 e. The molecule has 1 amide bonds. The molecule has 7 heteroatoms. The fraction of sp³-hybridized carbons (Fsp3) is 0.333. The summed E-state index contributed by atoms with van der Waals surface area (Å²) >= 11 is 0. The molecule has 2 heterocycles. The van der Waals surface area contributed by atoms with E-state index in [2.05, 4.69) is 28.1 Å². The van der Waals surface area contributed by atoms with Gasteiger partial charge in [-0.3, -0.25) is 19.9 Å². The number of piperazine rings is 1. The van der Waals surface area contributed by atoms with Crippen molar-refractivity contribution in [3.8, 4) is 0 Å². The van der Waals surface area contributed by atoms with Crippen LogP contribution in [0.4, 0.5) is 11.4 Å². The molecule has 2 aliphatic rings. The van der Waals surface area contributed by atoms with Gasteiger partial charge in [0.05, 0.1) is 16.2 Å². The Morgan fingerprint density at radius 2 is 1.84 bits per heavy atom. The molecule has 158 valence electrons. The number of non-ortho nitro benzene ring substituents is 1. The Morgan fingerprint density at radius 3 is 2.65 bits per heavy atom. The number of nitrogens with zero attached hydrogens (tertiary/aromatic N) is 4. The number of pyridine rings is 1. The molecule has 0 spiro atoms. The van der Waals surface area contributed by atoms with E-state index in [-0.39, 0.29) is 22.4 Å². The molecule has 7 nitrogen and oxygen atoms in total. The van der Waals surface area contributed by atoms with Crippen LogP contribution in [0.2, 0.25) is 0 Å². The maximum atomic E-state index is 13.3. The molecule has 0 radical (unpaired) electrons. The standard InChI is InChI=1S/C24H24N4O3/c29-24(20-7-3-5-17-4-1-2-6-18(17)20)27-14-12-26(13-15-27)22-8-9-23(28(30)31)21-16-25-11-10-19(21)22/h1-2,4,6,8-11,16,20H,3,5,7,12-15H2. The molecule has 0 N–H and O–H groups in total. The van der Waals surface area contributed by atoms with Crippen LogP contribution in [0.3, 0.4) is 0 Å². The Labute approximate surface area is 180 Å². The summed E-state index contributed by atoms with van der Waals surface area (Å²) in [4.78, 5) is 32.6. The Kier molecular flexibility index (Phi) is 5.02. The van der Waals surface area contributed by atoms with Crippen molar-refractivity contribution in [2.45, 2.75) is 25.2 Å². The number of aryl methyl sites for hydroxylation is 1. The van der Waals surface area contributed by atoms with Gasteiger partial charge in [-0.15, -0.1) is 0 Å². The maximum Gasteiger partial charge on any atom is 0.278 e. The second-order valence-corrected chi connectivity index (χ2v) is 8.24. The van der Waals surface area contributed by atoms with Crippen molar-refractivity contribution in [2.24, 2.45) is 0 Å². The minimum Gasteiger partial charge on any atom is -0.367 e. The van der Waals surface area contributed by atoms with Gasteiger partial charge in [-0.1, -0.05) is 24.3 Å². The van der Waals surface area contributed by atoms with E-state index in [1.54, 1.807) is 18.5 Å². The smallest absolute Gasteiger partial charge is 0.278 e. The fourth-order valence-corrected chi connectivity index (χ4v) is 4.99. The maximum absolute atomic E-state index is 13.3. The lowest BCUT2D eigenvalue weighted by atomic mass is 9.82. The third kappa shape index (κ3) is 3.50. The van der Waals surface area contributed by atoms with E-state index in [0.717, 1.165) is 30.3 Å². The number of fused-ring (bicyclic) bond motifs is 2. The van der Waals surface area contributed by atoms with Crippen LogP contribution in [0.25, 0.3) is 10.8 Å². The van der Waals surface area contributed by atoms with E-state index >= 15 is 0 Å². The highest BCUT2D eigenvalue weighted by Gasteiger charge is 2.32. The Balaban J connectivity index is 1.34. The summed E-state index contributed by atoms with van der Waals surface area (Å²) < 4.78 is 0. The predicted molar refractivity (Wildman–Crippen MR) is 119 cm³/mol. The van der Waals surface area contributed by atoms with Crippen LogP contribution in [-0.2, 0) is 11.2 Å². The third-order valence-corrected chi connectivity index (χ3v) is 6.57. The number of nitro benzene ring substituents is 1. The van der Waals surface area contributed by atoms with Crippen molar-refractivity contribution in [3.63, 3.8) is 0 Å². The summed E-state index contributed by atoms with van der Waals surface area (Å²) in [5.41, 5.74) is 3.52. The molecular weight excluding hydrogens is 392 g/mol. The van der Waals surface area contributed by atoms with Crippen molar-refractivity contribution in [1.29, 1.82) is 0 Å². The number of anilines is 1. The summed E-state index contributed by atoms with van der Waals surface area (Å²) in [6.07, 6.45) is 6.23. The number of hydrogen-bond donors (Lipinski definition) is 0. The summed E-state index contributed by atoms with van der Waals surface area (Å²) in [5, 5.41) is 12.7. The molecule has 1 saturated heterocycles. The quantitative estimate of drug-likeness (QED) is 0.478. The van der Waals surface area contributed by atoms with Gasteiger partial charge >= 0.3 is 0 Å². The zero-order chi connectivity index (χ0) is 21.4. The van der Waals surface area contributed by atoms with Crippen LogP contribution >= 0.6 is 0 Å². The number of amides is 1.